The van der Waals surface area contributed by atoms with Crippen LogP contribution in [0.4, 0.5) is 13.2 Å². The van der Waals surface area contributed by atoms with Crippen molar-refractivity contribution in [3.63, 3.8) is 0 Å². The van der Waals surface area contributed by atoms with E-state index in [0.29, 0.717) is 18.0 Å². The van der Waals surface area contributed by atoms with E-state index in [9.17, 15) is 27.9 Å². The summed E-state index contributed by atoms with van der Waals surface area (Å²) >= 11 is 0. The van der Waals surface area contributed by atoms with E-state index >= 15 is 0 Å². The van der Waals surface area contributed by atoms with Gasteiger partial charge in [-0.05, 0) is 23.0 Å². The molecule has 7 nitrogen and oxygen atoms in total. The van der Waals surface area contributed by atoms with Crippen molar-refractivity contribution in [3.8, 4) is 0 Å². The van der Waals surface area contributed by atoms with Gasteiger partial charge >= 0.3 is 12.3 Å². The summed E-state index contributed by atoms with van der Waals surface area (Å²) in [5, 5.41) is 9.61. The van der Waals surface area contributed by atoms with Gasteiger partial charge in [0.05, 0.1) is 24.0 Å². The minimum atomic E-state index is -4.73. The Morgan fingerprint density at radius 1 is 1.24 bits per heavy atom. The molecule has 3 atom stereocenters. The van der Waals surface area contributed by atoms with Crippen molar-refractivity contribution in [2.45, 2.75) is 53.4 Å². The maximum atomic E-state index is 12.8. The van der Waals surface area contributed by atoms with Crippen molar-refractivity contribution in [2.75, 3.05) is 26.8 Å². The second-order valence-corrected chi connectivity index (χ2v) is 10.6. The number of halogens is 3. The molecule has 2 aliphatic rings. The van der Waals surface area contributed by atoms with E-state index in [0.717, 1.165) is 17.7 Å². The lowest BCUT2D eigenvalue weighted by Gasteiger charge is -2.45. The summed E-state index contributed by atoms with van der Waals surface area (Å²) in [5.41, 5.74) is 1.09. The van der Waals surface area contributed by atoms with Crippen molar-refractivity contribution in [3.05, 3.63) is 63.3 Å². The molecule has 204 valence electrons. The molecular weight excluding hydrogens is 489 g/mol. The van der Waals surface area contributed by atoms with Gasteiger partial charge in [-0.15, -0.1) is 13.2 Å². The summed E-state index contributed by atoms with van der Waals surface area (Å²) in [6.45, 7) is 9.91. The zero-order chi connectivity index (χ0) is 27.7. The van der Waals surface area contributed by atoms with Gasteiger partial charge in [-0.2, -0.15) is 0 Å². The number of likely N-dealkylation sites (N-methyl/N-ethyl adjacent to an activating group) is 1. The molecule has 0 amide bonds. The van der Waals surface area contributed by atoms with Crippen LogP contribution in [0.1, 0.15) is 63.1 Å². The van der Waals surface area contributed by atoms with E-state index < -0.39 is 24.4 Å². The normalized spacial score (nSPS) is 22.9. The van der Waals surface area contributed by atoms with Crippen LogP contribution in [0.15, 0.2) is 46.6 Å². The molecule has 0 bridgehead atoms. The largest absolute Gasteiger partial charge is 0.522 e. The molecule has 0 aromatic carbocycles. The Morgan fingerprint density at radius 2 is 1.92 bits per heavy atom. The minimum Gasteiger partial charge on any atom is -0.495 e. The van der Waals surface area contributed by atoms with Gasteiger partial charge in [-0.25, -0.2) is 4.79 Å². The molecule has 1 aliphatic heterocycles. The number of alkyl halides is 3. The van der Waals surface area contributed by atoms with Crippen molar-refractivity contribution in [1.29, 1.82) is 0 Å². The first-order chi connectivity index (χ1) is 17.2. The molecule has 1 aliphatic carbocycles. The SMILES string of the molecule is CCC(C)C1C(OCCOC(F)(F)F)=CC=C/C1=C1\c2cc(=O)c(C(=O)O)cn2C(C(C)(C)C)CN1C. The van der Waals surface area contributed by atoms with Crippen LogP contribution in [-0.2, 0) is 9.47 Å². The molecule has 3 unspecified atom stereocenters. The predicted molar refractivity (Wildman–Crippen MR) is 134 cm³/mol. The standard InChI is InChI=1S/C27H35F3N2O5/c1-7-16(2)23-17(9-8-10-21(23)36-11-12-37-27(28,29)30)24-19-13-20(33)18(25(34)35)14-32(19)22(15-31(24)6)26(3,4)5/h8-10,13-14,16,22-23H,7,11-12,15H2,1-6H3,(H,34,35)/b24-17-. The van der Waals surface area contributed by atoms with Gasteiger partial charge in [-0.3, -0.25) is 9.53 Å². The highest BCUT2D eigenvalue weighted by Gasteiger charge is 2.38. The van der Waals surface area contributed by atoms with Crippen molar-refractivity contribution >= 4 is 11.7 Å². The van der Waals surface area contributed by atoms with E-state index in [1.807, 2.05) is 31.5 Å². The summed E-state index contributed by atoms with van der Waals surface area (Å²) in [5.74, 6) is -0.981. The zero-order valence-corrected chi connectivity index (χ0v) is 22.1. The zero-order valence-electron chi connectivity index (χ0n) is 22.1. The number of rotatable bonds is 7. The molecule has 0 radical (unpaired) electrons. The maximum Gasteiger partial charge on any atom is 0.522 e. The Kier molecular flexibility index (Phi) is 8.31. The fraction of sp³-hybridized carbons (Fsp3) is 0.556. The highest BCUT2D eigenvalue weighted by Crippen LogP contribution is 2.44. The van der Waals surface area contributed by atoms with Gasteiger partial charge < -0.3 is 19.3 Å². The van der Waals surface area contributed by atoms with E-state index in [4.69, 9.17) is 4.74 Å². The molecule has 0 fully saturated rings. The van der Waals surface area contributed by atoms with Gasteiger partial charge in [0, 0.05) is 31.8 Å². The number of aromatic carboxylic acids is 1. The number of hydrogen-bond acceptors (Lipinski definition) is 5. The Labute approximate surface area is 214 Å². The molecular formula is C27H35F3N2O5. The van der Waals surface area contributed by atoms with E-state index in [1.54, 1.807) is 12.2 Å². The number of pyridine rings is 1. The van der Waals surface area contributed by atoms with Crippen LogP contribution in [0.25, 0.3) is 5.70 Å². The number of aromatic nitrogens is 1. The smallest absolute Gasteiger partial charge is 0.495 e. The van der Waals surface area contributed by atoms with Crippen molar-refractivity contribution < 1.29 is 32.5 Å². The summed E-state index contributed by atoms with van der Waals surface area (Å²) in [6, 6.07) is 1.26. The molecule has 0 spiro atoms. The average molecular weight is 525 g/mol. The highest BCUT2D eigenvalue weighted by molar-refractivity contribution is 5.87. The van der Waals surface area contributed by atoms with Crippen LogP contribution in [0.3, 0.4) is 0 Å². The lowest BCUT2D eigenvalue weighted by Crippen LogP contribution is -2.43. The third kappa shape index (κ3) is 6.29. The predicted octanol–water partition coefficient (Wildman–Crippen LogP) is 5.46. The average Bonchev–Trinajstić information content (AvgIpc) is 2.79. The van der Waals surface area contributed by atoms with Gasteiger partial charge in [0.1, 0.15) is 17.9 Å². The number of carbonyl (C=O) groups is 1. The fourth-order valence-electron chi connectivity index (χ4n) is 4.96. The number of fused-ring (bicyclic) bond motifs is 1. The lowest BCUT2D eigenvalue weighted by atomic mass is 9.78. The van der Waals surface area contributed by atoms with Crippen LogP contribution < -0.4 is 5.43 Å². The van der Waals surface area contributed by atoms with Crippen molar-refractivity contribution in [1.82, 2.24) is 9.47 Å². The van der Waals surface area contributed by atoms with Gasteiger partial charge in [0.2, 0.25) is 0 Å². The summed E-state index contributed by atoms with van der Waals surface area (Å²) in [4.78, 5) is 26.7. The minimum absolute atomic E-state index is 0.0643. The monoisotopic (exact) mass is 524 g/mol. The van der Waals surface area contributed by atoms with E-state index in [-0.39, 0.29) is 35.5 Å². The number of carboxylic acids is 1. The maximum absolute atomic E-state index is 12.8. The number of allylic oxidation sites excluding steroid dienone is 4. The Hall–Kier alpha value is -3.01. The second kappa shape index (κ2) is 10.8. The molecule has 3 rings (SSSR count). The van der Waals surface area contributed by atoms with Gasteiger partial charge in [0.25, 0.3) is 0 Å². The first kappa shape index (κ1) is 28.6. The summed E-state index contributed by atoms with van der Waals surface area (Å²) < 4.78 is 48.8. The summed E-state index contributed by atoms with van der Waals surface area (Å²) in [6.07, 6.45) is 2.92. The Bertz CT molecular complexity index is 1170. The lowest BCUT2D eigenvalue weighted by molar-refractivity contribution is -0.326. The Morgan fingerprint density at radius 3 is 2.49 bits per heavy atom. The van der Waals surface area contributed by atoms with Crippen LogP contribution in [0.2, 0.25) is 0 Å². The van der Waals surface area contributed by atoms with Crippen LogP contribution in [-0.4, -0.2) is 53.7 Å². The highest BCUT2D eigenvalue weighted by atomic mass is 19.4. The molecule has 1 aromatic heterocycles. The Balaban J connectivity index is 2.15. The quantitative estimate of drug-likeness (QED) is 0.477. The molecule has 1 N–H and O–H groups in total. The topological polar surface area (TPSA) is 81.0 Å². The molecule has 0 saturated carbocycles. The number of hydrogen-bond donors (Lipinski definition) is 1. The molecule has 37 heavy (non-hydrogen) atoms. The van der Waals surface area contributed by atoms with Crippen molar-refractivity contribution in [2.24, 2.45) is 17.3 Å². The van der Waals surface area contributed by atoms with Gasteiger partial charge in [-0.1, -0.05) is 53.2 Å². The molecule has 1 aromatic rings. The first-order valence-electron chi connectivity index (χ1n) is 12.3. The number of nitrogens with zero attached hydrogens (tertiary/aromatic N) is 2. The third-order valence-corrected chi connectivity index (χ3v) is 7.00. The number of carboxylic acid groups (broad SMARTS) is 1. The number of ether oxygens (including phenoxy) is 2. The van der Waals surface area contributed by atoms with Crippen LogP contribution in [0, 0.1) is 17.3 Å². The van der Waals surface area contributed by atoms with Crippen LogP contribution >= 0.6 is 0 Å². The summed E-state index contributed by atoms with van der Waals surface area (Å²) in [7, 11) is 1.93. The van der Waals surface area contributed by atoms with Gasteiger partial charge in [0.15, 0.2) is 5.43 Å². The fourth-order valence-corrected chi connectivity index (χ4v) is 4.96. The third-order valence-electron chi connectivity index (χ3n) is 7.00. The second-order valence-electron chi connectivity index (χ2n) is 10.6. The molecule has 2 heterocycles. The molecule has 0 saturated heterocycles. The molecule has 10 heteroatoms. The first-order valence-corrected chi connectivity index (χ1v) is 12.3. The van der Waals surface area contributed by atoms with E-state index in [2.05, 4.69) is 30.4 Å². The van der Waals surface area contributed by atoms with Crippen LogP contribution in [0.5, 0.6) is 0 Å². The van der Waals surface area contributed by atoms with E-state index in [1.165, 1.54) is 12.3 Å².